The number of alkyl halides is 1. The van der Waals surface area contributed by atoms with Crippen LogP contribution in [0, 0.1) is 13.8 Å². The molecule has 1 N–H and O–H groups in total. The second-order valence-corrected chi connectivity index (χ2v) is 3.30. The summed E-state index contributed by atoms with van der Waals surface area (Å²) in [5, 5.41) is 8.82. The second kappa shape index (κ2) is 3.79. The molecule has 1 aromatic carbocycles. The normalized spacial score (nSPS) is 10.1. The van der Waals surface area contributed by atoms with Crippen LogP contribution in [-0.2, 0) is 5.88 Å². The van der Waals surface area contributed by atoms with Crippen LogP contribution >= 0.6 is 11.6 Å². The summed E-state index contributed by atoms with van der Waals surface area (Å²) in [6.07, 6.45) is 0. The van der Waals surface area contributed by atoms with E-state index in [2.05, 4.69) is 0 Å². The summed E-state index contributed by atoms with van der Waals surface area (Å²) in [6, 6.07) is 3.49. The summed E-state index contributed by atoms with van der Waals surface area (Å²) in [4.78, 5) is 10.7. The molecule has 0 heterocycles. The summed E-state index contributed by atoms with van der Waals surface area (Å²) in [5.41, 5.74) is 3.03. The number of hydrogen-bond donors (Lipinski definition) is 1. The van der Waals surface area contributed by atoms with E-state index in [0.717, 1.165) is 16.7 Å². The number of carboxylic acids is 1. The molecule has 0 fully saturated rings. The van der Waals surface area contributed by atoms with E-state index in [1.807, 2.05) is 13.0 Å². The van der Waals surface area contributed by atoms with E-state index < -0.39 is 5.97 Å². The van der Waals surface area contributed by atoms with Crippen LogP contribution in [0.4, 0.5) is 0 Å². The average molecular weight is 199 g/mol. The molecular weight excluding hydrogens is 188 g/mol. The van der Waals surface area contributed by atoms with E-state index in [-0.39, 0.29) is 0 Å². The lowest BCUT2D eigenvalue weighted by atomic mass is 10.0. The Morgan fingerprint density at radius 2 is 2.00 bits per heavy atom. The molecule has 0 aromatic heterocycles. The maximum Gasteiger partial charge on any atom is 0.335 e. The van der Waals surface area contributed by atoms with E-state index in [1.54, 1.807) is 13.0 Å². The van der Waals surface area contributed by atoms with Crippen LogP contribution in [0.5, 0.6) is 0 Å². The van der Waals surface area contributed by atoms with E-state index >= 15 is 0 Å². The Balaban J connectivity index is 3.28. The molecule has 2 nitrogen and oxygen atoms in total. The van der Waals surface area contributed by atoms with Gasteiger partial charge in [-0.1, -0.05) is 6.07 Å². The van der Waals surface area contributed by atoms with Gasteiger partial charge in [-0.15, -0.1) is 11.6 Å². The van der Waals surface area contributed by atoms with Gasteiger partial charge in [-0.2, -0.15) is 0 Å². The van der Waals surface area contributed by atoms with E-state index in [9.17, 15) is 4.79 Å². The molecule has 3 heteroatoms. The van der Waals surface area contributed by atoms with Gasteiger partial charge in [-0.3, -0.25) is 0 Å². The first-order valence-corrected chi connectivity index (χ1v) is 4.49. The maximum absolute atomic E-state index is 10.7. The second-order valence-electron chi connectivity index (χ2n) is 3.03. The Morgan fingerprint density at radius 3 is 2.46 bits per heavy atom. The summed E-state index contributed by atoms with van der Waals surface area (Å²) in [5.74, 6) is -0.464. The van der Waals surface area contributed by atoms with Crippen molar-refractivity contribution in [3.8, 4) is 0 Å². The maximum atomic E-state index is 10.7. The average Bonchev–Trinajstić information content (AvgIpc) is 2.07. The van der Waals surface area contributed by atoms with Crippen molar-refractivity contribution in [1.82, 2.24) is 0 Å². The zero-order valence-corrected chi connectivity index (χ0v) is 8.35. The van der Waals surface area contributed by atoms with Gasteiger partial charge < -0.3 is 5.11 Å². The van der Waals surface area contributed by atoms with Crippen LogP contribution in [0.2, 0.25) is 0 Å². The minimum atomic E-state index is -0.887. The fourth-order valence-corrected chi connectivity index (χ4v) is 1.54. The van der Waals surface area contributed by atoms with Gasteiger partial charge in [0.2, 0.25) is 0 Å². The SMILES string of the molecule is Cc1cc(C(=O)O)c(C)cc1CCl. The zero-order valence-electron chi connectivity index (χ0n) is 7.60. The standard InChI is InChI=1S/C10H11ClO2/c1-6-4-9(10(12)13)7(2)3-8(6)5-11/h3-4H,5H2,1-2H3,(H,12,13). The molecule has 1 aromatic rings. The molecule has 70 valence electrons. The predicted molar refractivity (Wildman–Crippen MR) is 52.4 cm³/mol. The highest BCUT2D eigenvalue weighted by molar-refractivity contribution is 6.17. The van der Waals surface area contributed by atoms with Gasteiger partial charge in [-0.25, -0.2) is 4.79 Å². The number of halogens is 1. The lowest BCUT2D eigenvalue weighted by Crippen LogP contribution is -2.01. The van der Waals surface area contributed by atoms with Gasteiger partial charge in [-0.05, 0) is 36.6 Å². The first kappa shape index (κ1) is 10.1. The Bertz CT molecular complexity index is 345. The summed E-state index contributed by atoms with van der Waals surface area (Å²) in [6.45, 7) is 3.64. The first-order chi connectivity index (χ1) is 6.06. The van der Waals surface area contributed by atoms with Crippen molar-refractivity contribution in [2.24, 2.45) is 0 Å². The van der Waals surface area contributed by atoms with Gasteiger partial charge in [0.15, 0.2) is 0 Å². The molecule has 0 saturated carbocycles. The van der Waals surface area contributed by atoms with Gasteiger partial charge in [0, 0.05) is 5.88 Å². The lowest BCUT2D eigenvalue weighted by Gasteiger charge is -2.06. The van der Waals surface area contributed by atoms with Crippen molar-refractivity contribution in [2.45, 2.75) is 19.7 Å². The third kappa shape index (κ3) is 2.01. The summed E-state index contributed by atoms with van der Waals surface area (Å²) >= 11 is 5.69. The largest absolute Gasteiger partial charge is 0.478 e. The molecule has 0 atom stereocenters. The van der Waals surface area contributed by atoms with Crippen LogP contribution in [0.25, 0.3) is 0 Å². The molecule has 1 rings (SSSR count). The number of carboxylic acid groups (broad SMARTS) is 1. The zero-order chi connectivity index (χ0) is 10.0. The molecule has 0 saturated heterocycles. The van der Waals surface area contributed by atoms with Gasteiger partial charge >= 0.3 is 5.97 Å². The number of benzene rings is 1. The molecule has 0 aliphatic heterocycles. The number of carbonyl (C=O) groups is 1. The lowest BCUT2D eigenvalue weighted by molar-refractivity contribution is 0.0696. The first-order valence-electron chi connectivity index (χ1n) is 3.95. The minimum Gasteiger partial charge on any atom is -0.478 e. The molecule has 0 spiro atoms. The number of hydrogen-bond acceptors (Lipinski definition) is 1. The van der Waals surface area contributed by atoms with Crippen molar-refractivity contribution in [2.75, 3.05) is 0 Å². The molecule has 0 aliphatic rings. The van der Waals surface area contributed by atoms with Crippen LogP contribution in [0.3, 0.4) is 0 Å². The van der Waals surface area contributed by atoms with E-state index in [4.69, 9.17) is 16.7 Å². The molecular formula is C10H11ClO2. The van der Waals surface area contributed by atoms with E-state index in [1.165, 1.54) is 0 Å². The number of aryl methyl sites for hydroxylation is 2. The smallest absolute Gasteiger partial charge is 0.335 e. The quantitative estimate of drug-likeness (QED) is 0.742. The number of rotatable bonds is 2. The third-order valence-electron chi connectivity index (χ3n) is 2.06. The molecule has 13 heavy (non-hydrogen) atoms. The molecule has 0 amide bonds. The van der Waals surface area contributed by atoms with Crippen LogP contribution in [0.15, 0.2) is 12.1 Å². The van der Waals surface area contributed by atoms with Crippen molar-refractivity contribution < 1.29 is 9.90 Å². The molecule has 0 unspecified atom stereocenters. The highest BCUT2D eigenvalue weighted by atomic mass is 35.5. The van der Waals surface area contributed by atoms with Crippen molar-refractivity contribution in [3.05, 3.63) is 34.4 Å². The fraction of sp³-hybridized carbons (Fsp3) is 0.300. The minimum absolute atomic E-state index is 0.353. The van der Waals surface area contributed by atoms with Crippen molar-refractivity contribution >= 4 is 17.6 Å². The summed E-state index contributed by atoms with van der Waals surface area (Å²) in [7, 11) is 0. The Morgan fingerprint density at radius 1 is 1.38 bits per heavy atom. The highest BCUT2D eigenvalue weighted by Gasteiger charge is 2.09. The fourth-order valence-electron chi connectivity index (χ4n) is 1.25. The Labute approximate surface area is 82.2 Å². The molecule has 0 radical (unpaired) electrons. The topological polar surface area (TPSA) is 37.3 Å². The predicted octanol–water partition coefficient (Wildman–Crippen LogP) is 2.74. The van der Waals surface area contributed by atoms with Crippen LogP contribution < -0.4 is 0 Å². The Hall–Kier alpha value is -1.02. The third-order valence-corrected chi connectivity index (χ3v) is 2.35. The van der Waals surface area contributed by atoms with Crippen molar-refractivity contribution in [3.63, 3.8) is 0 Å². The van der Waals surface area contributed by atoms with Gasteiger partial charge in [0.05, 0.1) is 5.56 Å². The highest BCUT2D eigenvalue weighted by Crippen LogP contribution is 2.17. The van der Waals surface area contributed by atoms with Gasteiger partial charge in [0.25, 0.3) is 0 Å². The Kier molecular flexibility index (Phi) is 2.94. The van der Waals surface area contributed by atoms with E-state index in [0.29, 0.717) is 11.4 Å². The van der Waals surface area contributed by atoms with Crippen LogP contribution in [-0.4, -0.2) is 11.1 Å². The molecule has 0 bridgehead atoms. The van der Waals surface area contributed by atoms with Gasteiger partial charge in [0.1, 0.15) is 0 Å². The summed E-state index contributed by atoms with van der Waals surface area (Å²) < 4.78 is 0. The van der Waals surface area contributed by atoms with Crippen molar-refractivity contribution in [1.29, 1.82) is 0 Å². The van der Waals surface area contributed by atoms with Crippen LogP contribution in [0.1, 0.15) is 27.0 Å². The molecule has 0 aliphatic carbocycles. The number of aromatic carboxylic acids is 1. The monoisotopic (exact) mass is 198 g/mol.